The van der Waals surface area contributed by atoms with Crippen molar-refractivity contribution in [2.45, 2.75) is 17.3 Å². The Bertz CT molecular complexity index is 748. The van der Waals surface area contributed by atoms with Crippen LogP contribution in [0.2, 0.25) is 0 Å². The molecule has 1 aromatic heterocycles. The summed E-state index contributed by atoms with van der Waals surface area (Å²) >= 11 is 1.58. The van der Waals surface area contributed by atoms with Crippen molar-refractivity contribution in [3.63, 3.8) is 0 Å². The number of aromatic amines is 1. The van der Waals surface area contributed by atoms with Gasteiger partial charge in [0, 0.05) is 0 Å². The average molecular weight is 338 g/mol. The number of hydrogen-bond donors (Lipinski definition) is 1. The van der Waals surface area contributed by atoms with Gasteiger partial charge in [0.25, 0.3) is 0 Å². The third-order valence-corrected chi connectivity index (χ3v) is 4.69. The zero-order valence-electron chi connectivity index (χ0n) is 13.3. The first-order chi connectivity index (χ1) is 11.8. The van der Waals surface area contributed by atoms with Crippen LogP contribution in [0.15, 0.2) is 72.0 Å². The normalized spacial score (nSPS) is 10.8. The highest BCUT2D eigenvalue weighted by Gasteiger charge is 2.18. The molecular weight excluding hydrogens is 320 g/mol. The number of H-pyrrole nitrogens is 1. The maximum Gasteiger partial charge on any atom is 0.356 e. The van der Waals surface area contributed by atoms with Gasteiger partial charge in [0.15, 0.2) is 5.16 Å². The molecular formula is C19H18N2O2S. The highest BCUT2D eigenvalue weighted by Crippen LogP contribution is 2.38. The van der Waals surface area contributed by atoms with Crippen molar-refractivity contribution < 1.29 is 9.53 Å². The summed E-state index contributed by atoms with van der Waals surface area (Å²) in [6.45, 7) is 2.13. The summed E-state index contributed by atoms with van der Waals surface area (Å²) in [4.78, 5) is 19.1. The predicted octanol–water partition coefficient (Wildman–Crippen LogP) is 4.47. The monoisotopic (exact) mass is 338 g/mol. The Morgan fingerprint density at radius 2 is 1.67 bits per heavy atom. The number of hydrogen-bond acceptors (Lipinski definition) is 4. The van der Waals surface area contributed by atoms with Gasteiger partial charge in [-0.25, -0.2) is 9.78 Å². The minimum atomic E-state index is -0.382. The maximum atomic E-state index is 11.8. The Balaban J connectivity index is 1.87. The van der Waals surface area contributed by atoms with Crippen molar-refractivity contribution in [2.75, 3.05) is 6.61 Å². The third kappa shape index (κ3) is 3.86. The summed E-state index contributed by atoms with van der Waals surface area (Å²) in [5.41, 5.74) is 2.74. The van der Waals surface area contributed by atoms with Gasteiger partial charge >= 0.3 is 5.97 Å². The molecule has 0 aliphatic carbocycles. The summed E-state index contributed by atoms with van der Waals surface area (Å²) in [6.07, 6.45) is 1.52. The van der Waals surface area contributed by atoms with E-state index in [-0.39, 0.29) is 11.2 Å². The lowest BCUT2D eigenvalue weighted by atomic mass is 10.0. The molecule has 0 amide bonds. The first kappa shape index (κ1) is 16.3. The van der Waals surface area contributed by atoms with Gasteiger partial charge in [0.2, 0.25) is 0 Å². The third-order valence-electron chi connectivity index (χ3n) is 3.48. The molecule has 5 heteroatoms. The number of nitrogens with zero attached hydrogens (tertiary/aromatic N) is 1. The number of esters is 1. The molecule has 0 radical (unpaired) electrons. The molecule has 0 unspecified atom stereocenters. The number of aromatic nitrogens is 2. The van der Waals surface area contributed by atoms with E-state index >= 15 is 0 Å². The SMILES string of the molecule is CCOC(=O)c1cnc(SC(c2ccccc2)c2ccccc2)[nH]1. The predicted molar refractivity (Wildman–Crippen MR) is 95.1 cm³/mol. The van der Waals surface area contributed by atoms with Crippen LogP contribution in [0.5, 0.6) is 0 Å². The molecule has 0 fully saturated rings. The summed E-state index contributed by atoms with van der Waals surface area (Å²) in [5.74, 6) is -0.382. The molecule has 0 aliphatic heterocycles. The van der Waals surface area contributed by atoms with Gasteiger partial charge in [-0.15, -0.1) is 0 Å². The second-order valence-corrected chi connectivity index (χ2v) is 6.24. The summed E-state index contributed by atoms with van der Waals surface area (Å²) in [7, 11) is 0. The van der Waals surface area contributed by atoms with Crippen LogP contribution in [0, 0.1) is 0 Å². The first-order valence-corrected chi connectivity index (χ1v) is 8.64. The topological polar surface area (TPSA) is 55.0 Å². The van der Waals surface area contributed by atoms with Gasteiger partial charge in [-0.05, 0) is 18.1 Å². The second-order valence-electron chi connectivity index (χ2n) is 5.14. The summed E-state index contributed by atoms with van der Waals surface area (Å²) in [5, 5.41) is 0.782. The van der Waals surface area contributed by atoms with Crippen LogP contribution in [0.4, 0.5) is 0 Å². The van der Waals surface area contributed by atoms with E-state index in [1.807, 2.05) is 36.4 Å². The van der Waals surface area contributed by atoms with Crippen molar-refractivity contribution in [1.82, 2.24) is 9.97 Å². The summed E-state index contributed by atoms with van der Waals surface area (Å²) in [6, 6.07) is 20.5. The molecule has 0 aliphatic rings. The second kappa shape index (κ2) is 7.84. The molecule has 3 aromatic rings. The van der Waals surface area contributed by atoms with E-state index in [0.717, 1.165) is 0 Å². The Morgan fingerprint density at radius 3 is 2.21 bits per heavy atom. The molecule has 24 heavy (non-hydrogen) atoms. The van der Waals surface area contributed by atoms with E-state index in [4.69, 9.17) is 4.74 Å². The van der Waals surface area contributed by atoms with Crippen molar-refractivity contribution in [3.8, 4) is 0 Å². The standard InChI is InChI=1S/C19H18N2O2S/c1-2-23-18(22)16-13-20-19(21-16)24-17(14-9-5-3-6-10-14)15-11-7-4-8-12-15/h3-13,17H,2H2,1H3,(H,20,21). The number of benzene rings is 2. The maximum absolute atomic E-state index is 11.8. The van der Waals surface area contributed by atoms with Crippen LogP contribution in [-0.2, 0) is 4.74 Å². The van der Waals surface area contributed by atoms with Crippen LogP contribution in [0.25, 0.3) is 0 Å². The van der Waals surface area contributed by atoms with Crippen molar-refractivity contribution in [3.05, 3.63) is 83.7 Å². The number of carbonyl (C=O) groups is 1. The molecule has 1 heterocycles. The number of thioether (sulfide) groups is 1. The Hall–Kier alpha value is -2.53. The first-order valence-electron chi connectivity index (χ1n) is 7.76. The lowest BCUT2D eigenvalue weighted by molar-refractivity contribution is 0.0519. The quantitative estimate of drug-likeness (QED) is 0.532. The van der Waals surface area contributed by atoms with Gasteiger partial charge in [-0.1, -0.05) is 72.4 Å². The van der Waals surface area contributed by atoms with E-state index in [1.54, 1.807) is 18.7 Å². The highest BCUT2D eigenvalue weighted by atomic mass is 32.2. The molecule has 1 N–H and O–H groups in total. The number of rotatable bonds is 6. The van der Waals surface area contributed by atoms with E-state index in [9.17, 15) is 4.79 Å². The highest BCUT2D eigenvalue weighted by molar-refractivity contribution is 7.99. The molecule has 0 saturated heterocycles. The number of nitrogens with one attached hydrogen (secondary N) is 1. The van der Waals surface area contributed by atoms with E-state index in [0.29, 0.717) is 17.5 Å². The Kier molecular flexibility index (Phi) is 5.33. The lowest BCUT2D eigenvalue weighted by Crippen LogP contribution is -2.04. The fraction of sp³-hybridized carbons (Fsp3) is 0.158. The molecule has 122 valence electrons. The molecule has 3 rings (SSSR count). The zero-order valence-corrected chi connectivity index (χ0v) is 14.1. The minimum absolute atomic E-state index is 0.0913. The van der Waals surface area contributed by atoms with Gasteiger partial charge in [0.1, 0.15) is 5.69 Å². The number of ether oxygens (including phenoxy) is 1. The molecule has 0 atom stereocenters. The van der Waals surface area contributed by atoms with E-state index in [2.05, 4.69) is 34.2 Å². The summed E-state index contributed by atoms with van der Waals surface area (Å²) < 4.78 is 5.00. The lowest BCUT2D eigenvalue weighted by Gasteiger charge is -2.16. The van der Waals surface area contributed by atoms with Gasteiger partial charge in [-0.2, -0.15) is 0 Å². The molecule has 0 bridgehead atoms. The van der Waals surface area contributed by atoms with Crippen molar-refractivity contribution in [1.29, 1.82) is 0 Å². The fourth-order valence-corrected chi connectivity index (χ4v) is 3.46. The smallest absolute Gasteiger partial charge is 0.356 e. The minimum Gasteiger partial charge on any atom is -0.461 e. The number of imidazole rings is 1. The fourth-order valence-electron chi connectivity index (χ4n) is 2.37. The Morgan fingerprint density at radius 1 is 1.08 bits per heavy atom. The average Bonchev–Trinajstić information content (AvgIpc) is 3.10. The van der Waals surface area contributed by atoms with E-state index in [1.165, 1.54) is 17.3 Å². The number of carbonyl (C=O) groups excluding carboxylic acids is 1. The van der Waals surface area contributed by atoms with Crippen LogP contribution >= 0.6 is 11.8 Å². The van der Waals surface area contributed by atoms with E-state index < -0.39 is 0 Å². The molecule has 0 saturated carbocycles. The largest absolute Gasteiger partial charge is 0.461 e. The molecule has 2 aromatic carbocycles. The van der Waals surface area contributed by atoms with Gasteiger partial charge in [0.05, 0.1) is 18.1 Å². The van der Waals surface area contributed by atoms with Gasteiger partial charge < -0.3 is 9.72 Å². The zero-order chi connectivity index (χ0) is 16.8. The van der Waals surface area contributed by atoms with Crippen molar-refractivity contribution >= 4 is 17.7 Å². The molecule has 0 spiro atoms. The van der Waals surface area contributed by atoms with Crippen LogP contribution < -0.4 is 0 Å². The van der Waals surface area contributed by atoms with Crippen molar-refractivity contribution in [2.24, 2.45) is 0 Å². The van der Waals surface area contributed by atoms with Crippen LogP contribution in [-0.4, -0.2) is 22.5 Å². The molecule has 4 nitrogen and oxygen atoms in total. The van der Waals surface area contributed by atoms with Crippen LogP contribution in [0.3, 0.4) is 0 Å². The Labute approximate surface area is 145 Å². The van der Waals surface area contributed by atoms with Gasteiger partial charge in [-0.3, -0.25) is 0 Å². The van der Waals surface area contributed by atoms with Crippen LogP contribution in [0.1, 0.15) is 33.8 Å².